The number of thiophene rings is 1. The Labute approximate surface area is 172 Å². The zero-order chi connectivity index (χ0) is 18.4. The van der Waals surface area contributed by atoms with Crippen LogP contribution in [-0.2, 0) is 4.74 Å². The van der Waals surface area contributed by atoms with Crippen LogP contribution in [0.4, 0.5) is 0 Å². The van der Waals surface area contributed by atoms with Gasteiger partial charge < -0.3 is 14.7 Å². The number of benzene rings is 2. The fourth-order valence-electron chi connectivity index (χ4n) is 3.04. The Kier molecular flexibility index (Phi) is 8.74. The summed E-state index contributed by atoms with van der Waals surface area (Å²) in [5.41, 5.74) is 2.15. The van der Waals surface area contributed by atoms with Gasteiger partial charge in [-0.1, -0.05) is 50.2 Å². The van der Waals surface area contributed by atoms with Gasteiger partial charge in [-0.15, -0.1) is 23.7 Å². The van der Waals surface area contributed by atoms with Gasteiger partial charge >= 0.3 is 0 Å². The molecule has 0 amide bonds. The van der Waals surface area contributed by atoms with Crippen molar-refractivity contribution in [3.8, 4) is 10.4 Å². The summed E-state index contributed by atoms with van der Waals surface area (Å²) in [7, 11) is 0. The Morgan fingerprint density at radius 2 is 1.78 bits per heavy atom. The third kappa shape index (κ3) is 5.77. The van der Waals surface area contributed by atoms with Crippen molar-refractivity contribution in [2.24, 2.45) is 0 Å². The van der Waals surface area contributed by atoms with E-state index in [0.29, 0.717) is 13.2 Å². The lowest BCUT2D eigenvalue weighted by molar-refractivity contribution is 0.0274. The van der Waals surface area contributed by atoms with E-state index in [2.05, 4.69) is 61.2 Å². The van der Waals surface area contributed by atoms with Gasteiger partial charge in [0.25, 0.3) is 0 Å². The Bertz CT molecular complexity index is 818. The molecule has 1 heterocycles. The van der Waals surface area contributed by atoms with Crippen molar-refractivity contribution in [2.75, 3.05) is 32.8 Å². The molecule has 1 N–H and O–H groups in total. The minimum Gasteiger partial charge on any atom is -0.386 e. The van der Waals surface area contributed by atoms with Crippen LogP contribution in [0.15, 0.2) is 54.6 Å². The summed E-state index contributed by atoms with van der Waals surface area (Å²) in [4.78, 5) is 3.57. The lowest BCUT2D eigenvalue weighted by atomic mass is 10.1. The van der Waals surface area contributed by atoms with Crippen molar-refractivity contribution >= 4 is 33.8 Å². The average molecular weight is 406 g/mol. The molecular weight excluding hydrogens is 378 g/mol. The van der Waals surface area contributed by atoms with Crippen LogP contribution < -0.4 is 0 Å². The van der Waals surface area contributed by atoms with Crippen molar-refractivity contribution in [1.82, 2.24) is 4.90 Å². The minimum atomic E-state index is -0.587. The Hall–Kier alpha value is -1.43. The maximum Gasteiger partial charge on any atom is 0.102 e. The fraction of sp³-hybridized carbons (Fsp3) is 0.364. The highest BCUT2D eigenvalue weighted by molar-refractivity contribution is 7.22. The Balaban J connectivity index is 0.00000261. The maximum absolute atomic E-state index is 10.4. The van der Waals surface area contributed by atoms with Gasteiger partial charge in [0.05, 0.1) is 13.2 Å². The van der Waals surface area contributed by atoms with Crippen LogP contribution in [0.1, 0.15) is 25.5 Å². The van der Waals surface area contributed by atoms with Crippen LogP contribution in [0.3, 0.4) is 0 Å². The largest absolute Gasteiger partial charge is 0.386 e. The van der Waals surface area contributed by atoms with E-state index in [4.69, 9.17) is 4.74 Å². The average Bonchev–Trinajstić information content (AvgIpc) is 3.12. The normalized spacial score (nSPS) is 12.3. The van der Waals surface area contributed by atoms with Gasteiger partial charge in [-0.25, -0.2) is 0 Å². The smallest absolute Gasteiger partial charge is 0.102 e. The molecule has 1 aromatic heterocycles. The monoisotopic (exact) mass is 405 g/mol. The number of ether oxygens (including phenoxy) is 1. The molecular formula is C22H28ClNO2S. The molecule has 0 saturated carbocycles. The van der Waals surface area contributed by atoms with Gasteiger partial charge in [0.2, 0.25) is 0 Å². The number of hydrogen-bond acceptors (Lipinski definition) is 4. The molecule has 0 spiro atoms. The van der Waals surface area contributed by atoms with E-state index in [1.165, 1.54) is 20.5 Å². The van der Waals surface area contributed by atoms with Gasteiger partial charge in [0.15, 0.2) is 0 Å². The molecule has 0 fully saturated rings. The molecule has 1 atom stereocenters. The summed E-state index contributed by atoms with van der Waals surface area (Å²) in [6.45, 7) is 8.25. The van der Waals surface area contributed by atoms with Gasteiger partial charge in [-0.05, 0) is 47.8 Å². The second-order valence-electron chi connectivity index (χ2n) is 6.39. The molecule has 0 bridgehead atoms. The van der Waals surface area contributed by atoms with E-state index in [0.717, 1.165) is 25.2 Å². The molecule has 0 aliphatic heterocycles. The summed E-state index contributed by atoms with van der Waals surface area (Å²) in [5.74, 6) is 0. The SMILES string of the molecule is CCN(CC)CCOCC(O)c1ccc2sc(-c3ccccc3)cc2c1.Cl. The lowest BCUT2D eigenvalue weighted by Gasteiger charge is -2.18. The number of aliphatic hydroxyl groups excluding tert-OH is 1. The maximum atomic E-state index is 10.4. The molecule has 1 unspecified atom stereocenters. The summed E-state index contributed by atoms with van der Waals surface area (Å²) in [6, 6.07) is 18.8. The van der Waals surface area contributed by atoms with Gasteiger partial charge in [-0.3, -0.25) is 0 Å². The van der Waals surface area contributed by atoms with Gasteiger partial charge in [-0.2, -0.15) is 0 Å². The predicted molar refractivity (Wildman–Crippen MR) is 118 cm³/mol. The molecule has 0 radical (unpaired) electrons. The lowest BCUT2D eigenvalue weighted by Crippen LogP contribution is -2.27. The van der Waals surface area contributed by atoms with Crippen molar-refractivity contribution < 1.29 is 9.84 Å². The first-order chi connectivity index (χ1) is 12.7. The van der Waals surface area contributed by atoms with E-state index in [1.807, 2.05) is 12.1 Å². The van der Waals surface area contributed by atoms with E-state index in [9.17, 15) is 5.11 Å². The highest BCUT2D eigenvalue weighted by Crippen LogP contribution is 2.34. The molecule has 0 aliphatic carbocycles. The van der Waals surface area contributed by atoms with Crippen molar-refractivity contribution in [2.45, 2.75) is 20.0 Å². The standard InChI is InChI=1S/C22H27NO2S.ClH/c1-3-23(4-2)12-13-25-16-20(24)18-10-11-21-19(14-18)15-22(26-21)17-8-6-5-7-9-17;/h5-11,14-15,20,24H,3-4,12-13,16H2,1-2H3;1H. The molecule has 5 heteroatoms. The fourth-order valence-corrected chi connectivity index (χ4v) is 4.09. The molecule has 0 aliphatic rings. The minimum absolute atomic E-state index is 0. The molecule has 2 aromatic carbocycles. The molecule has 3 nitrogen and oxygen atoms in total. The quantitative estimate of drug-likeness (QED) is 0.485. The van der Waals surface area contributed by atoms with Crippen LogP contribution in [0.2, 0.25) is 0 Å². The molecule has 27 heavy (non-hydrogen) atoms. The first kappa shape index (κ1) is 21.9. The third-order valence-electron chi connectivity index (χ3n) is 4.71. The molecule has 146 valence electrons. The summed E-state index contributed by atoms with van der Waals surface area (Å²) in [5, 5.41) is 11.6. The first-order valence-electron chi connectivity index (χ1n) is 9.28. The number of rotatable bonds is 9. The van der Waals surface area contributed by atoms with E-state index in [-0.39, 0.29) is 12.4 Å². The third-order valence-corrected chi connectivity index (χ3v) is 5.87. The topological polar surface area (TPSA) is 32.7 Å². The number of halogens is 1. The van der Waals surface area contributed by atoms with Crippen molar-refractivity contribution in [3.63, 3.8) is 0 Å². The Morgan fingerprint density at radius 3 is 2.48 bits per heavy atom. The second kappa shape index (κ2) is 10.8. The highest BCUT2D eigenvalue weighted by Gasteiger charge is 2.11. The molecule has 3 rings (SSSR count). The summed E-state index contributed by atoms with van der Waals surface area (Å²) < 4.78 is 6.92. The van der Waals surface area contributed by atoms with E-state index >= 15 is 0 Å². The summed E-state index contributed by atoms with van der Waals surface area (Å²) in [6.07, 6.45) is -0.587. The van der Waals surface area contributed by atoms with Crippen LogP contribution in [0, 0.1) is 0 Å². The molecule has 0 saturated heterocycles. The molecule has 3 aromatic rings. The van der Waals surface area contributed by atoms with E-state index in [1.54, 1.807) is 11.3 Å². The van der Waals surface area contributed by atoms with Crippen molar-refractivity contribution in [1.29, 1.82) is 0 Å². The number of aliphatic hydroxyl groups is 1. The van der Waals surface area contributed by atoms with E-state index < -0.39 is 6.10 Å². The van der Waals surface area contributed by atoms with Gasteiger partial charge in [0.1, 0.15) is 6.10 Å². The second-order valence-corrected chi connectivity index (χ2v) is 7.48. The van der Waals surface area contributed by atoms with Crippen LogP contribution in [-0.4, -0.2) is 42.9 Å². The van der Waals surface area contributed by atoms with Crippen LogP contribution in [0.25, 0.3) is 20.5 Å². The highest BCUT2D eigenvalue weighted by atomic mass is 35.5. The van der Waals surface area contributed by atoms with Gasteiger partial charge in [0, 0.05) is 16.1 Å². The van der Waals surface area contributed by atoms with Crippen LogP contribution >= 0.6 is 23.7 Å². The Morgan fingerprint density at radius 1 is 1.04 bits per heavy atom. The zero-order valence-corrected chi connectivity index (χ0v) is 17.6. The number of hydrogen-bond donors (Lipinski definition) is 1. The number of likely N-dealkylation sites (N-methyl/N-ethyl adjacent to an activating group) is 1. The zero-order valence-electron chi connectivity index (χ0n) is 15.9. The predicted octanol–water partition coefficient (Wildman–Crippen LogP) is 5.38. The van der Waals surface area contributed by atoms with Crippen LogP contribution in [0.5, 0.6) is 0 Å². The number of fused-ring (bicyclic) bond motifs is 1. The summed E-state index contributed by atoms with van der Waals surface area (Å²) >= 11 is 1.78. The first-order valence-corrected chi connectivity index (χ1v) is 10.1. The number of nitrogens with zero attached hydrogens (tertiary/aromatic N) is 1. The van der Waals surface area contributed by atoms with Crippen molar-refractivity contribution in [3.05, 3.63) is 60.2 Å².